The van der Waals surface area contributed by atoms with Gasteiger partial charge in [0, 0.05) is 35.9 Å². The number of nitriles is 1. The van der Waals surface area contributed by atoms with Crippen molar-refractivity contribution in [2.24, 2.45) is 5.41 Å². The maximum Gasteiger partial charge on any atom is 0.266 e. The number of aliphatic hydroxyl groups is 1. The summed E-state index contributed by atoms with van der Waals surface area (Å²) in [5.74, 6) is -1.12. The molecule has 1 saturated carbocycles. The predicted molar refractivity (Wildman–Crippen MR) is 130 cm³/mol. The number of carbonyl (C=O) groups excluding carboxylic acids is 1. The van der Waals surface area contributed by atoms with Gasteiger partial charge < -0.3 is 15.3 Å². The van der Waals surface area contributed by atoms with Gasteiger partial charge in [0.25, 0.3) is 6.43 Å². The Labute approximate surface area is 211 Å². The average molecular weight is 510 g/mol. The molecule has 37 heavy (non-hydrogen) atoms. The lowest BCUT2D eigenvalue weighted by atomic mass is 9.86. The maximum atomic E-state index is 14.7. The summed E-state index contributed by atoms with van der Waals surface area (Å²) >= 11 is 0. The number of rotatable bonds is 6. The van der Waals surface area contributed by atoms with Gasteiger partial charge in [-0.15, -0.1) is 0 Å². The van der Waals surface area contributed by atoms with Crippen LogP contribution < -0.4 is 5.32 Å². The highest BCUT2D eigenvalue weighted by Crippen LogP contribution is 2.47. The molecule has 1 atom stereocenters. The summed E-state index contributed by atoms with van der Waals surface area (Å²) in [5, 5.41) is 24.6. The van der Waals surface area contributed by atoms with Crippen molar-refractivity contribution in [3.05, 3.63) is 65.4 Å². The topological polar surface area (TPSA) is 102 Å². The van der Waals surface area contributed by atoms with Crippen LogP contribution in [-0.4, -0.2) is 39.0 Å². The Morgan fingerprint density at radius 2 is 1.86 bits per heavy atom. The van der Waals surface area contributed by atoms with Crippen molar-refractivity contribution < 1.29 is 23.1 Å². The number of piperidine rings is 1. The zero-order chi connectivity index (χ0) is 26.4. The first-order chi connectivity index (χ1) is 17.7. The van der Waals surface area contributed by atoms with E-state index in [1.807, 2.05) is 0 Å². The van der Waals surface area contributed by atoms with Crippen LogP contribution in [0.25, 0.3) is 10.9 Å². The molecule has 0 bridgehead atoms. The van der Waals surface area contributed by atoms with Crippen LogP contribution in [0.15, 0.2) is 42.7 Å². The third-order valence-electron chi connectivity index (χ3n) is 7.49. The van der Waals surface area contributed by atoms with E-state index in [2.05, 4.69) is 21.4 Å². The molecule has 5 rings (SSSR count). The van der Waals surface area contributed by atoms with Gasteiger partial charge in [-0.25, -0.2) is 13.2 Å². The van der Waals surface area contributed by atoms with Crippen LogP contribution in [0.5, 0.6) is 0 Å². The van der Waals surface area contributed by atoms with Gasteiger partial charge in [0.15, 0.2) is 0 Å². The normalized spacial score (nSPS) is 18.9. The van der Waals surface area contributed by atoms with Crippen LogP contribution in [0.1, 0.15) is 61.9 Å². The summed E-state index contributed by atoms with van der Waals surface area (Å²) in [6.07, 6.45) is 1.88. The molecule has 2 fully saturated rings. The van der Waals surface area contributed by atoms with Gasteiger partial charge in [-0.05, 0) is 44.7 Å². The van der Waals surface area contributed by atoms with E-state index in [-0.39, 0.29) is 24.3 Å². The zero-order valence-electron chi connectivity index (χ0n) is 20.2. The summed E-state index contributed by atoms with van der Waals surface area (Å²) in [6, 6.07) is 8.85. The minimum Gasteiger partial charge on any atom is -0.383 e. The van der Waals surface area contributed by atoms with Gasteiger partial charge in [0.05, 0.1) is 35.1 Å². The van der Waals surface area contributed by atoms with Crippen molar-refractivity contribution in [2.75, 3.05) is 18.4 Å². The smallest absolute Gasteiger partial charge is 0.266 e. The Kier molecular flexibility index (Phi) is 6.28. The minimum absolute atomic E-state index is 0.110. The maximum absolute atomic E-state index is 14.7. The standard InChI is InChI=1S/C27H26F3N5O2/c1-16(17-3-2-4-18(23(17)28)24(29)30)34-20-5-10-32-21-14-33-22(13-19(20)21)27(37)8-11-35(12-9-27)25(36)26(15-31)6-7-26/h2-5,10,13-14,16,24,37H,6-9,11-12H2,1H3,(H,32,34)/t16-/m1/s1. The highest BCUT2D eigenvalue weighted by Gasteiger charge is 2.53. The van der Waals surface area contributed by atoms with E-state index < -0.39 is 34.9 Å². The molecule has 1 aliphatic heterocycles. The second-order valence-corrected chi connectivity index (χ2v) is 9.88. The van der Waals surface area contributed by atoms with Crippen molar-refractivity contribution in [1.82, 2.24) is 14.9 Å². The number of fused-ring (bicyclic) bond motifs is 1. The van der Waals surface area contributed by atoms with E-state index >= 15 is 0 Å². The Hall–Kier alpha value is -3.71. The molecule has 1 aromatic carbocycles. The molecule has 10 heteroatoms. The van der Waals surface area contributed by atoms with E-state index in [9.17, 15) is 28.3 Å². The lowest BCUT2D eigenvalue weighted by Gasteiger charge is -2.38. The number of nitrogens with zero attached hydrogens (tertiary/aromatic N) is 4. The number of nitrogens with one attached hydrogen (secondary N) is 1. The van der Waals surface area contributed by atoms with Gasteiger partial charge >= 0.3 is 0 Å². The summed E-state index contributed by atoms with van der Waals surface area (Å²) in [7, 11) is 0. The Morgan fingerprint density at radius 3 is 2.51 bits per heavy atom. The van der Waals surface area contributed by atoms with Crippen LogP contribution in [0, 0.1) is 22.6 Å². The van der Waals surface area contributed by atoms with Gasteiger partial charge in [0.2, 0.25) is 5.91 Å². The second kappa shape index (κ2) is 9.30. The van der Waals surface area contributed by atoms with Crippen molar-refractivity contribution in [1.29, 1.82) is 5.26 Å². The molecule has 1 aliphatic carbocycles. The van der Waals surface area contributed by atoms with E-state index in [0.717, 1.165) is 6.07 Å². The van der Waals surface area contributed by atoms with Crippen LogP contribution in [0.3, 0.4) is 0 Å². The molecule has 2 aliphatic rings. The fourth-order valence-electron chi connectivity index (χ4n) is 4.95. The van der Waals surface area contributed by atoms with Gasteiger partial charge in [-0.1, -0.05) is 18.2 Å². The first-order valence-corrected chi connectivity index (χ1v) is 12.2. The average Bonchev–Trinajstić information content (AvgIpc) is 3.70. The molecular formula is C27H26F3N5O2. The van der Waals surface area contributed by atoms with E-state index in [1.54, 1.807) is 36.4 Å². The predicted octanol–water partition coefficient (Wildman–Crippen LogP) is 4.99. The van der Waals surface area contributed by atoms with E-state index in [1.165, 1.54) is 12.1 Å². The lowest BCUT2D eigenvalue weighted by Crippen LogP contribution is -2.47. The van der Waals surface area contributed by atoms with Gasteiger partial charge in [-0.2, -0.15) is 5.26 Å². The van der Waals surface area contributed by atoms with Crippen LogP contribution >= 0.6 is 0 Å². The molecule has 1 amide bonds. The van der Waals surface area contributed by atoms with E-state index in [4.69, 9.17) is 0 Å². The minimum atomic E-state index is -2.92. The second-order valence-electron chi connectivity index (χ2n) is 9.88. The Bertz CT molecular complexity index is 1390. The number of hydrogen-bond donors (Lipinski definition) is 2. The number of benzene rings is 1. The van der Waals surface area contributed by atoms with Crippen molar-refractivity contribution >= 4 is 22.5 Å². The number of alkyl halides is 2. The van der Waals surface area contributed by atoms with Crippen LogP contribution in [-0.2, 0) is 10.4 Å². The molecule has 3 aromatic rings. The molecule has 1 saturated heterocycles. The fraction of sp³-hybridized carbons (Fsp3) is 0.407. The molecule has 3 heterocycles. The first kappa shape index (κ1) is 25.0. The molecular weight excluding hydrogens is 483 g/mol. The SMILES string of the molecule is C[C@@H](Nc1ccnc2cnc(C3(O)CCN(C(=O)C4(C#N)CC4)CC3)cc12)c1cccc(C(F)F)c1F. The van der Waals surface area contributed by atoms with Crippen molar-refractivity contribution in [2.45, 2.75) is 50.7 Å². The summed E-state index contributed by atoms with van der Waals surface area (Å²) in [5.41, 5.74) is -1.15. The molecule has 7 nitrogen and oxygen atoms in total. The van der Waals surface area contributed by atoms with Crippen LogP contribution in [0.2, 0.25) is 0 Å². The number of hydrogen-bond acceptors (Lipinski definition) is 6. The Balaban J connectivity index is 1.39. The summed E-state index contributed by atoms with van der Waals surface area (Å²) < 4.78 is 41.1. The summed E-state index contributed by atoms with van der Waals surface area (Å²) in [4.78, 5) is 23.1. The Morgan fingerprint density at radius 1 is 1.16 bits per heavy atom. The molecule has 0 radical (unpaired) electrons. The van der Waals surface area contributed by atoms with E-state index in [0.29, 0.717) is 48.2 Å². The third-order valence-corrected chi connectivity index (χ3v) is 7.49. The molecule has 0 unspecified atom stereocenters. The number of pyridine rings is 2. The highest BCUT2D eigenvalue weighted by molar-refractivity contribution is 5.91. The quantitative estimate of drug-likeness (QED) is 0.485. The lowest BCUT2D eigenvalue weighted by molar-refractivity contribution is -0.139. The monoisotopic (exact) mass is 509 g/mol. The van der Waals surface area contributed by atoms with Crippen LogP contribution in [0.4, 0.5) is 18.9 Å². The van der Waals surface area contributed by atoms with Crippen molar-refractivity contribution in [3.8, 4) is 6.07 Å². The number of aromatic nitrogens is 2. The highest BCUT2D eigenvalue weighted by atomic mass is 19.3. The number of likely N-dealkylation sites (tertiary alicyclic amines) is 1. The van der Waals surface area contributed by atoms with Gasteiger partial charge in [-0.3, -0.25) is 14.8 Å². The first-order valence-electron chi connectivity index (χ1n) is 12.2. The fourth-order valence-corrected chi connectivity index (χ4v) is 4.95. The molecule has 0 spiro atoms. The number of carbonyl (C=O) groups is 1. The number of amides is 1. The largest absolute Gasteiger partial charge is 0.383 e. The molecule has 2 N–H and O–H groups in total. The zero-order valence-corrected chi connectivity index (χ0v) is 20.2. The number of anilines is 1. The number of halogens is 3. The summed E-state index contributed by atoms with van der Waals surface area (Å²) in [6.45, 7) is 2.30. The molecule has 2 aromatic heterocycles. The molecule has 192 valence electrons. The van der Waals surface area contributed by atoms with Crippen molar-refractivity contribution in [3.63, 3.8) is 0 Å². The third kappa shape index (κ3) is 4.48. The van der Waals surface area contributed by atoms with Gasteiger partial charge in [0.1, 0.15) is 16.8 Å².